The monoisotopic (exact) mass is 453 g/mol. The van der Waals surface area contributed by atoms with E-state index in [0.29, 0.717) is 5.69 Å². The van der Waals surface area contributed by atoms with Crippen LogP contribution < -0.4 is 5.56 Å². The van der Waals surface area contributed by atoms with Gasteiger partial charge in [-0.3, -0.25) is 19.3 Å². The molecule has 28 heavy (non-hydrogen) atoms. The van der Waals surface area contributed by atoms with Gasteiger partial charge in [0.2, 0.25) is 5.88 Å². The Bertz CT molecular complexity index is 1300. The number of H-pyrrole nitrogens is 1. The smallest absolute Gasteiger partial charge is 0.262 e. The molecule has 7 heteroatoms. The molecule has 2 aromatic carbocycles. The minimum absolute atomic E-state index is 0.128. The fraction of sp³-hybridized carbons (Fsp3) is 0.0952. The van der Waals surface area contributed by atoms with Gasteiger partial charge >= 0.3 is 0 Å². The molecule has 0 amide bonds. The number of allylic oxidation sites excluding steroid dienone is 1. The fourth-order valence-electron chi connectivity index (χ4n) is 3.28. The van der Waals surface area contributed by atoms with E-state index in [1.54, 1.807) is 12.3 Å². The zero-order valence-electron chi connectivity index (χ0n) is 15.2. The zero-order valence-corrected chi connectivity index (χ0v) is 17.6. The summed E-state index contributed by atoms with van der Waals surface area (Å²) in [5.41, 5.74) is 4.86. The fourth-order valence-corrected chi connectivity index (χ4v) is 3.92. The number of aromatic hydroxyl groups is 1. The van der Waals surface area contributed by atoms with Crippen molar-refractivity contribution in [1.82, 2.24) is 9.55 Å². The number of hydrogen-bond donors (Lipinski definition) is 2. The predicted molar refractivity (Wildman–Crippen MR) is 119 cm³/mol. The second kappa shape index (κ2) is 7.00. The van der Waals surface area contributed by atoms with E-state index in [4.69, 9.17) is 12.2 Å². The maximum Gasteiger partial charge on any atom is 0.262 e. The van der Waals surface area contributed by atoms with Crippen molar-refractivity contribution in [2.75, 3.05) is 0 Å². The lowest BCUT2D eigenvalue weighted by Crippen LogP contribution is -2.16. The first kappa shape index (κ1) is 18.6. The van der Waals surface area contributed by atoms with Crippen molar-refractivity contribution < 1.29 is 5.11 Å². The number of aliphatic imine (C=N–C) groups is 1. The van der Waals surface area contributed by atoms with E-state index in [0.717, 1.165) is 32.4 Å². The molecule has 2 N–H and O–H groups in total. The molecule has 0 atom stereocenters. The minimum atomic E-state index is -0.451. The van der Waals surface area contributed by atoms with Crippen LogP contribution in [0.3, 0.4) is 0 Å². The minimum Gasteiger partial charge on any atom is -0.494 e. The summed E-state index contributed by atoms with van der Waals surface area (Å²) in [5, 5.41) is 10.9. The van der Waals surface area contributed by atoms with E-state index in [2.05, 4.69) is 25.9 Å². The molecular formula is C21H16BrN3O2S. The molecule has 140 valence electrons. The van der Waals surface area contributed by atoms with Gasteiger partial charge in [0.05, 0.1) is 11.4 Å². The van der Waals surface area contributed by atoms with Crippen LogP contribution in [0.4, 0.5) is 5.69 Å². The summed E-state index contributed by atoms with van der Waals surface area (Å²) in [4.78, 5) is 19.6. The Balaban J connectivity index is 1.94. The zero-order chi connectivity index (χ0) is 20.0. The summed E-state index contributed by atoms with van der Waals surface area (Å²) in [7, 11) is 0. The van der Waals surface area contributed by atoms with Crippen LogP contribution in [0.25, 0.3) is 17.3 Å². The van der Waals surface area contributed by atoms with Crippen LogP contribution in [0.2, 0.25) is 0 Å². The Kier molecular flexibility index (Phi) is 4.64. The van der Waals surface area contributed by atoms with Crippen LogP contribution in [0.5, 0.6) is 5.88 Å². The number of nitrogens with one attached hydrogen (secondary N) is 1. The van der Waals surface area contributed by atoms with Gasteiger partial charge in [0.1, 0.15) is 5.56 Å². The van der Waals surface area contributed by atoms with Crippen molar-refractivity contribution >= 4 is 51.7 Å². The average Bonchev–Trinajstić information content (AvgIpc) is 3.02. The second-order valence-corrected chi connectivity index (χ2v) is 7.94. The number of rotatable bonds is 2. The van der Waals surface area contributed by atoms with Gasteiger partial charge in [-0.05, 0) is 62.0 Å². The van der Waals surface area contributed by atoms with Gasteiger partial charge in [0.25, 0.3) is 5.56 Å². The molecule has 0 spiro atoms. The third kappa shape index (κ3) is 3.16. The van der Waals surface area contributed by atoms with E-state index in [9.17, 15) is 9.90 Å². The number of fused-ring (bicyclic) bond motifs is 1. The molecule has 1 aliphatic rings. The summed E-state index contributed by atoms with van der Waals surface area (Å²) >= 11 is 8.77. The van der Waals surface area contributed by atoms with Crippen molar-refractivity contribution in [2.24, 2.45) is 4.99 Å². The molecule has 1 aliphatic heterocycles. The van der Waals surface area contributed by atoms with Crippen LogP contribution in [0.15, 0.2) is 50.7 Å². The van der Waals surface area contributed by atoms with Gasteiger partial charge < -0.3 is 5.11 Å². The first-order valence-corrected chi connectivity index (χ1v) is 9.77. The van der Waals surface area contributed by atoms with Crippen molar-refractivity contribution in [3.8, 4) is 11.6 Å². The summed E-state index contributed by atoms with van der Waals surface area (Å²) in [5.74, 6) is -0.204. The van der Waals surface area contributed by atoms with Gasteiger partial charge in [0, 0.05) is 21.8 Å². The van der Waals surface area contributed by atoms with Crippen molar-refractivity contribution in [3.05, 3.63) is 78.2 Å². The lowest BCUT2D eigenvalue weighted by Gasteiger charge is -2.14. The average molecular weight is 454 g/mol. The molecule has 0 radical (unpaired) electrons. The molecule has 0 saturated heterocycles. The van der Waals surface area contributed by atoms with Crippen molar-refractivity contribution in [2.45, 2.75) is 13.8 Å². The van der Waals surface area contributed by atoms with E-state index < -0.39 is 5.56 Å². The van der Waals surface area contributed by atoms with Gasteiger partial charge in [-0.2, -0.15) is 0 Å². The normalized spacial score (nSPS) is 13.9. The summed E-state index contributed by atoms with van der Waals surface area (Å²) in [6.45, 7) is 3.93. The van der Waals surface area contributed by atoms with Crippen LogP contribution in [-0.2, 0) is 0 Å². The number of aromatic amines is 1. The molecule has 0 aliphatic carbocycles. The van der Waals surface area contributed by atoms with E-state index in [1.165, 1.54) is 4.57 Å². The Labute approximate surface area is 174 Å². The number of halogens is 1. The molecule has 5 nitrogen and oxygen atoms in total. The van der Waals surface area contributed by atoms with Crippen molar-refractivity contribution in [1.29, 1.82) is 0 Å². The number of benzene rings is 2. The molecule has 0 saturated carbocycles. The van der Waals surface area contributed by atoms with Gasteiger partial charge in [0.15, 0.2) is 4.77 Å². The topological polar surface area (TPSA) is 70.4 Å². The Hall–Kier alpha value is -2.77. The summed E-state index contributed by atoms with van der Waals surface area (Å²) in [6.07, 6.45) is 3.31. The highest BCUT2D eigenvalue weighted by Gasteiger charge is 2.18. The summed E-state index contributed by atoms with van der Waals surface area (Å²) in [6, 6.07) is 11.5. The molecule has 0 unspecified atom stereocenters. The summed E-state index contributed by atoms with van der Waals surface area (Å²) < 4.78 is 2.53. The highest BCUT2D eigenvalue weighted by Crippen LogP contribution is 2.35. The third-order valence-electron chi connectivity index (χ3n) is 4.63. The van der Waals surface area contributed by atoms with E-state index in [-0.39, 0.29) is 16.2 Å². The maximum absolute atomic E-state index is 12.6. The SMILES string of the molecule is Cc1ccc(-n2c(O)c(C=C3C=Nc4ccc(Br)cc43)c(=O)[nH]c2=S)c(C)c1. The van der Waals surface area contributed by atoms with Gasteiger partial charge in [-0.25, -0.2) is 0 Å². The number of aromatic nitrogens is 2. The van der Waals surface area contributed by atoms with Gasteiger partial charge in [-0.1, -0.05) is 33.6 Å². The predicted octanol–water partition coefficient (Wildman–Crippen LogP) is 5.24. The highest BCUT2D eigenvalue weighted by atomic mass is 79.9. The maximum atomic E-state index is 12.6. The Morgan fingerprint density at radius 2 is 2.00 bits per heavy atom. The number of hydrogen-bond acceptors (Lipinski definition) is 4. The molecule has 1 aromatic heterocycles. The van der Waals surface area contributed by atoms with Gasteiger partial charge in [-0.15, -0.1) is 0 Å². The highest BCUT2D eigenvalue weighted by molar-refractivity contribution is 9.10. The van der Waals surface area contributed by atoms with Crippen LogP contribution in [-0.4, -0.2) is 20.9 Å². The van der Waals surface area contributed by atoms with Crippen LogP contribution in [0.1, 0.15) is 22.3 Å². The largest absolute Gasteiger partial charge is 0.494 e. The molecular weight excluding hydrogens is 438 g/mol. The van der Waals surface area contributed by atoms with Crippen LogP contribution >= 0.6 is 28.1 Å². The molecule has 0 bridgehead atoms. The first-order chi connectivity index (χ1) is 13.3. The Morgan fingerprint density at radius 1 is 1.21 bits per heavy atom. The second-order valence-electron chi connectivity index (χ2n) is 6.64. The lowest BCUT2D eigenvalue weighted by atomic mass is 10.0. The molecule has 4 rings (SSSR count). The van der Waals surface area contributed by atoms with Crippen LogP contribution in [0, 0.1) is 18.6 Å². The van der Waals surface area contributed by atoms with Crippen molar-refractivity contribution in [3.63, 3.8) is 0 Å². The van der Waals surface area contributed by atoms with E-state index >= 15 is 0 Å². The van der Waals surface area contributed by atoms with E-state index in [1.807, 2.05) is 50.2 Å². The third-order valence-corrected chi connectivity index (χ3v) is 5.40. The Morgan fingerprint density at radius 3 is 2.75 bits per heavy atom. The number of nitrogens with zero attached hydrogens (tertiary/aromatic N) is 2. The lowest BCUT2D eigenvalue weighted by molar-refractivity contribution is 0.431. The standard InChI is InChI=1S/C21H16BrN3O2S/c1-11-3-6-18(12(2)7-11)25-20(27)16(19(26)24-21(25)28)8-13-10-23-17-5-4-14(22)9-15(13)17/h3-10,27H,1-2H3,(H,24,26,28). The molecule has 3 aromatic rings. The number of aryl methyl sites for hydroxylation is 2. The first-order valence-electron chi connectivity index (χ1n) is 8.57. The molecule has 2 heterocycles. The molecule has 0 fully saturated rings. The quantitative estimate of drug-likeness (QED) is 0.521.